The first-order chi connectivity index (χ1) is 12.5. The Labute approximate surface area is 158 Å². The highest BCUT2D eigenvalue weighted by Gasteiger charge is 2.36. The molecular formula is C16H14ClN3O4S2. The SMILES string of the molecule is O=S(=O)(Oc1ccc2c(c1)OC1CNCCC21)c1c(Cl)nc2sccn12. The Balaban J connectivity index is 1.48. The van der Waals surface area contributed by atoms with Crippen LogP contribution in [-0.4, -0.2) is 37.0 Å². The Kier molecular flexibility index (Phi) is 3.68. The van der Waals surface area contributed by atoms with Gasteiger partial charge in [0.2, 0.25) is 5.03 Å². The molecule has 0 amide bonds. The number of fused-ring (bicyclic) bond motifs is 4. The summed E-state index contributed by atoms with van der Waals surface area (Å²) >= 11 is 7.31. The Morgan fingerprint density at radius 3 is 3.19 bits per heavy atom. The zero-order chi connectivity index (χ0) is 17.9. The summed E-state index contributed by atoms with van der Waals surface area (Å²) < 4.78 is 38.2. The molecule has 2 unspecified atom stereocenters. The van der Waals surface area contributed by atoms with Gasteiger partial charge in [-0.1, -0.05) is 17.7 Å². The monoisotopic (exact) mass is 411 g/mol. The summed E-state index contributed by atoms with van der Waals surface area (Å²) in [4.78, 5) is 4.54. The predicted octanol–water partition coefficient (Wildman–Crippen LogP) is 2.65. The van der Waals surface area contributed by atoms with Crippen molar-refractivity contribution in [2.45, 2.75) is 23.5 Å². The minimum Gasteiger partial charge on any atom is -0.488 e. The molecule has 0 aliphatic carbocycles. The third-order valence-electron chi connectivity index (χ3n) is 4.71. The quantitative estimate of drug-likeness (QED) is 0.667. The van der Waals surface area contributed by atoms with Crippen LogP contribution in [0.25, 0.3) is 4.96 Å². The second-order valence-corrected chi connectivity index (χ2v) is 8.95. The lowest BCUT2D eigenvalue weighted by Crippen LogP contribution is -2.39. The third kappa shape index (κ3) is 2.50. The van der Waals surface area contributed by atoms with Crippen LogP contribution in [-0.2, 0) is 10.1 Å². The highest BCUT2D eigenvalue weighted by molar-refractivity contribution is 7.87. The van der Waals surface area contributed by atoms with Crippen molar-refractivity contribution in [3.8, 4) is 11.5 Å². The van der Waals surface area contributed by atoms with E-state index in [4.69, 9.17) is 20.5 Å². The number of hydrogen-bond acceptors (Lipinski definition) is 7. The molecule has 4 heterocycles. The summed E-state index contributed by atoms with van der Waals surface area (Å²) in [5.74, 6) is 1.21. The van der Waals surface area contributed by atoms with Crippen LogP contribution in [0.2, 0.25) is 5.15 Å². The lowest BCUT2D eigenvalue weighted by atomic mass is 9.90. The lowest BCUT2D eigenvalue weighted by Gasteiger charge is -2.24. The highest BCUT2D eigenvalue weighted by Crippen LogP contribution is 2.43. The predicted molar refractivity (Wildman–Crippen MR) is 97.0 cm³/mol. The Morgan fingerprint density at radius 2 is 2.31 bits per heavy atom. The Hall–Kier alpha value is -1.81. The van der Waals surface area contributed by atoms with Gasteiger partial charge in [0.1, 0.15) is 17.6 Å². The fraction of sp³-hybridized carbons (Fsp3) is 0.312. The van der Waals surface area contributed by atoms with E-state index in [0.717, 1.165) is 25.1 Å². The first-order valence-corrected chi connectivity index (χ1v) is 10.8. The van der Waals surface area contributed by atoms with Crippen molar-refractivity contribution in [1.82, 2.24) is 14.7 Å². The molecule has 0 saturated carbocycles. The van der Waals surface area contributed by atoms with Crippen LogP contribution in [0.5, 0.6) is 11.5 Å². The van der Waals surface area contributed by atoms with Crippen molar-refractivity contribution in [3.05, 3.63) is 40.5 Å². The lowest BCUT2D eigenvalue weighted by molar-refractivity contribution is 0.176. The van der Waals surface area contributed by atoms with Crippen LogP contribution in [0.1, 0.15) is 17.9 Å². The third-order valence-corrected chi connectivity index (χ3v) is 7.12. The normalized spacial score (nSPS) is 22.0. The molecule has 2 atom stereocenters. The largest absolute Gasteiger partial charge is 0.488 e. The summed E-state index contributed by atoms with van der Waals surface area (Å²) in [5, 5.41) is 4.76. The number of thiazole rings is 1. The van der Waals surface area contributed by atoms with Gasteiger partial charge in [0.05, 0.1) is 0 Å². The van der Waals surface area contributed by atoms with Crippen LogP contribution in [0.3, 0.4) is 0 Å². The molecule has 3 aromatic rings. The Morgan fingerprint density at radius 1 is 1.42 bits per heavy atom. The van der Waals surface area contributed by atoms with E-state index in [1.807, 2.05) is 6.07 Å². The fourth-order valence-corrected chi connectivity index (χ4v) is 5.93. The molecule has 26 heavy (non-hydrogen) atoms. The van der Waals surface area contributed by atoms with Gasteiger partial charge >= 0.3 is 10.1 Å². The molecule has 1 saturated heterocycles. The van der Waals surface area contributed by atoms with E-state index in [1.54, 1.807) is 23.7 Å². The van der Waals surface area contributed by atoms with Crippen LogP contribution in [0.4, 0.5) is 0 Å². The number of aromatic nitrogens is 2. The van der Waals surface area contributed by atoms with E-state index in [-0.39, 0.29) is 22.0 Å². The summed E-state index contributed by atoms with van der Waals surface area (Å²) in [6.45, 7) is 1.74. The van der Waals surface area contributed by atoms with Gasteiger partial charge in [-0.05, 0) is 19.0 Å². The van der Waals surface area contributed by atoms with E-state index < -0.39 is 10.1 Å². The van der Waals surface area contributed by atoms with Crippen molar-refractivity contribution in [3.63, 3.8) is 0 Å². The van der Waals surface area contributed by atoms with E-state index in [1.165, 1.54) is 15.7 Å². The number of imidazole rings is 1. The van der Waals surface area contributed by atoms with Gasteiger partial charge < -0.3 is 14.2 Å². The zero-order valence-electron chi connectivity index (χ0n) is 13.4. The average molecular weight is 412 g/mol. The maximum absolute atomic E-state index is 12.7. The molecule has 2 aliphatic rings. The molecule has 0 spiro atoms. The number of benzene rings is 1. The molecule has 1 N–H and O–H groups in total. The van der Waals surface area contributed by atoms with Crippen molar-refractivity contribution in [1.29, 1.82) is 0 Å². The molecule has 2 aromatic heterocycles. The first kappa shape index (κ1) is 16.4. The summed E-state index contributed by atoms with van der Waals surface area (Å²) in [5.41, 5.74) is 1.10. The summed E-state index contributed by atoms with van der Waals surface area (Å²) in [7, 11) is -4.13. The number of nitrogens with zero attached hydrogens (tertiary/aromatic N) is 2. The smallest absolute Gasteiger partial charge is 0.358 e. The minimum atomic E-state index is -4.13. The molecule has 136 valence electrons. The van der Waals surface area contributed by atoms with E-state index in [2.05, 4.69) is 10.3 Å². The molecule has 7 nitrogen and oxygen atoms in total. The van der Waals surface area contributed by atoms with Gasteiger partial charge in [-0.3, -0.25) is 4.40 Å². The molecule has 0 bridgehead atoms. The van der Waals surface area contributed by atoms with Crippen molar-refractivity contribution >= 4 is 38.0 Å². The number of hydrogen-bond donors (Lipinski definition) is 1. The van der Waals surface area contributed by atoms with Crippen LogP contribution in [0.15, 0.2) is 34.8 Å². The van der Waals surface area contributed by atoms with E-state index in [0.29, 0.717) is 16.6 Å². The van der Waals surface area contributed by atoms with Gasteiger partial charge in [-0.15, -0.1) is 11.3 Å². The zero-order valence-corrected chi connectivity index (χ0v) is 15.8. The van der Waals surface area contributed by atoms with Crippen molar-refractivity contribution in [2.75, 3.05) is 13.1 Å². The van der Waals surface area contributed by atoms with Crippen LogP contribution < -0.4 is 14.2 Å². The molecule has 0 radical (unpaired) electrons. The van der Waals surface area contributed by atoms with Crippen LogP contribution >= 0.6 is 22.9 Å². The van der Waals surface area contributed by atoms with Gasteiger partial charge in [-0.25, -0.2) is 4.98 Å². The van der Waals surface area contributed by atoms with Crippen molar-refractivity contribution in [2.24, 2.45) is 0 Å². The summed E-state index contributed by atoms with van der Waals surface area (Å²) in [6.07, 6.45) is 2.68. The summed E-state index contributed by atoms with van der Waals surface area (Å²) in [6, 6.07) is 5.17. The van der Waals surface area contributed by atoms with E-state index in [9.17, 15) is 8.42 Å². The maximum Gasteiger partial charge on any atom is 0.358 e. The van der Waals surface area contributed by atoms with Gasteiger partial charge in [0, 0.05) is 35.7 Å². The molecule has 1 fully saturated rings. The highest BCUT2D eigenvalue weighted by atomic mass is 35.5. The minimum absolute atomic E-state index is 0.0836. The van der Waals surface area contributed by atoms with Gasteiger partial charge in [0.25, 0.3) is 0 Å². The Bertz CT molecular complexity index is 1110. The number of piperidine rings is 1. The van der Waals surface area contributed by atoms with Gasteiger partial charge in [-0.2, -0.15) is 8.42 Å². The van der Waals surface area contributed by atoms with Gasteiger partial charge in [0.15, 0.2) is 10.1 Å². The fourth-order valence-electron chi connectivity index (χ4n) is 3.58. The first-order valence-electron chi connectivity index (χ1n) is 8.10. The maximum atomic E-state index is 12.7. The molecule has 2 aliphatic heterocycles. The van der Waals surface area contributed by atoms with E-state index >= 15 is 0 Å². The number of nitrogens with one attached hydrogen (secondary N) is 1. The molecular weight excluding hydrogens is 398 g/mol. The molecule has 1 aromatic carbocycles. The van der Waals surface area contributed by atoms with Crippen LogP contribution in [0, 0.1) is 0 Å². The topological polar surface area (TPSA) is 81.9 Å². The average Bonchev–Trinajstić information content (AvgIpc) is 3.25. The number of halogens is 1. The number of ether oxygens (including phenoxy) is 1. The molecule has 5 rings (SSSR count). The second-order valence-electron chi connectivity index (χ2n) is 6.26. The second kappa shape index (κ2) is 5.85. The standard InChI is InChI=1S/C16H14ClN3O4S2/c17-14-15(20-5-6-25-16(20)19-14)26(21,22)24-9-1-2-10-11-3-4-18-8-13(11)23-12(10)7-9/h1-2,5-7,11,13,18H,3-4,8H2. The number of rotatable bonds is 3. The van der Waals surface area contributed by atoms with Crippen molar-refractivity contribution < 1.29 is 17.3 Å². The molecule has 10 heteroatoms.